The molecule has 2 aromatic rings. The van der Waals surface area contributed by atoms with Crippen molar-refractivity contribution in [2.75, 3.05) is 0 Å². The van der Waals surface area contributed by atoms with Crippen LogP contribution in [0.2, 0.25) is 0 Å². The van der Waals surface area contributed by atoms with Crippen molar-refractivity contribution < 1.29 is 9.53 Å². The SMILES string of the molecule is Cc1nnc(S[C@@H]2C[C@H](C)OC2=O)n1-c1ccccc1. The molecule has 0 radical (unpaired) electrons. The maximum atomic E-state index is 11.7. The summed E-state index contributed by atoms with van der Waals surface area (Å²) in [6.07, 6.45) is 0.693. The molecular formula is C14H15N3O2S. The summed E-state index contributed by atoms with van der Waals surface area (Å²) in [6, 6.07) is 9.89. The lowest BCUT2D eigenvalue weighted by Crippen LogP contribution is -2.11. The van der Waals surface area contributed by atoms with Gasteiger partial charge in [0.15, 0.2) is 5.16 Å². The Kier molecular flexibility index (Phi) is 3.48. The molecule has 0 unspecified atom stereocenters. The first-order valence-electron chi connectivity index (χ1n) is 6.50. The fourth-order valence-electron chi connectivity index (χ4n) is 2.24. The van der Waals surface area contributed by atoms with Crippen molar-refractivity contribution >= 4 is 17.7 Å². The van der Waals surface area contributed by atoms with Crippen LogP contribution in [0.4, 0.5) is 0 Å². The summed E-state index contributed by atoms with van der Waals surface area (Å²) in [5, 5.41) is 8.83. The standard InChI is InChI=1S/C14H15N3O2S/c1-9-8-12(13(18)19-9)20-14-16-15-10(2)17(14)11-6-4-3-5-7-11/h3-7,9,12H,8H2,1-2H3/t9-,12+/m0/s1. The zero-order chi connectivity index (χ0) is 14.1. The Labute approximate surface area is 121 Å². The van der Waals surface area contributed by atoms with Gasteiger partial charge in [-0.15, -0.1) is 10.2 Å². The number of cyclic esters (lactones) is 1. The molecular weight excluding hydrogens is 274 g/mol. The van der Waals surface area contributed by atoms with E-state index < -0.39 is 0 Å². The summed E-state index contributed by atoms with van der Waals surface area (Å²) in [5.41, 5.74) is 0.997. The summed E-state index contributed by atoms with van der Waals surface area (Å²) in [4.78, 5) is 11.7. The second-order valence-corrected chi connectivity index (χ2v) is 5.96. The molecule has 6 heteroatoms. The largest absolute Gasteiger partial charge is 0.462 e. The van der Waals surface area contributed by atoms with Crippen molar-refractivity contribution in [3.8, 4) is 5.69 Å². The molecule has 104 valence electrons. The second-order valence-electron chi connectivity index (χ2n) is 4.79. The molecule has 1 aromatic heterocycles. The van der Waals surface area contributed by atoms with Gasteiger partial charge in [0.05, 0.1) is 0 Å². The third-order valence-electron chi connectivity index (χ3n) is 3.18. The molecule has 20 heavy (non-hydrogen) atoms. The minimum Gasteiger partial charge on any atom is -0.462 e. The third-order valence-corrected chi connectivity index (χ3v) is 4.33. The van der Waals surface area contributed by atoms with Gasteiger partial charge in [-0.05, 0) is 26.0 Å². The number of nitrogens with zero attached hydrogens (tertiary/aromatic N) is 3. The van der Waals surface area contributed by atoms with Crippen LogP contribution in [0.5, 0.6) is 0 Å². The molecule has 0 amide bonds. The third kappa shape index (κ3) is 2.43. The van der Waals surface area contributed by atoms with Gasteiger partial charge in [-0.25, -0.2) is 0 Å². The average molecular weight is 289 g/mol. The number of hydrogen-bond donors (Lipinski definition) is 0. The van der Waals surface area contributed by atoms with E-state index in [1.165, 1.54) is 11.8 Å². The van der Waals surface area contributed by atoms with E-state index in [1.54, 1.807) is 0 Å². The van der Waals surface area contributed by atoms with Crippen LogP contribution in [0.25, 0.3) is 5.69 Å². The van der Waals surface area contributed by atoms with E-state index in [1.807, 2.05) is 48.7 Å². The number of carbonyl (C=O) groups is 1. The number of thioether (sulfide) groups is 1. The number of rotatable bonds is 3. The lowest BCUT2D eigenvalue weighted by atomic mass is 10.3. The Morgan fingerprint density at radius 1 is 1.30 bits per heavy atom. The van der Waals surface area contributed by atoms with E-state index >= 15 is 0 Å². The van der Waals surface area contributed by atoms with Crippen LogP contribution >= 0.6 is 11.8 Å². The number of para-hydroxylation sites is 1. The first kappa shape index (κ1) is 13.2. The van der Waals surface area contributed by atoms with Crippen molar-refractivity contribution in [3.63, 3.8) is 0 Å². The molecule has 0 saturated carbocycles. The zero-order valence-corrected chi connectivity index (χ0v) is 12.1. The van der Waals surface area contributed by atoms with Gasteiger partial charge in [0.2, 0.25) is 0 Å². The summed E-state index contributed by atoms with van der Waals surface area (Å²) in [7, 11) is 0. The van der Waals surface area contributed by atoms with Crippen molar-refractivity contribution in [2.24, 2.45) is 0 Å². The first-order chi connectivity index (χ1) is 9.65. The molecule has 2 heterocycles. The molecule has 1 aliphatic heterocycles. The Balaban J connectivity index is 1.90. The van der Waals surface area contributed by atoms with Crippen LogP contribution in [0.1, 0.15) is 19.2 Å². The quantitative estimate of drug-likeness (QED) is 0.812. The van der Waals surface area contributed by atoms with Gasteiger partial charge in [0, 0.05) is 12.1 Å². The molecule has 0 aliphatic carbocycles. The van der Waals surface area contributed by atoms with E-state index in [-0.39, 0.29) is 17.3 Å². The molecule has 2 atom stereocenters. The van der Waals surface area contributed by atoms with Gasteiger partial charge in [0.1, 0.15) is 17.2 Å². The van der Waals surface area contributed by atoms with Crippen molar-refractivity contribution in [3.05, 3.63) is 36.2 Å². The number of benzene rings is 1. The first-order valence-corrected chi connectivity index (χ1v) is 7.37. The monoisotopic (exact) mass is 289 g/mol. The maximum Gasteiger partial charge on any atom is 0.319 e. The van der Waals surface area contributed by atoms with Crippen molar-refractivity contribution in [1.82, 2.24) is 14.8 Å². The second kappa shape index (κ2) is 5.28. The number of aryl methyl sites for hydroxylation is 1. The molecule has 1 aromatic carbocycles. The highest BCUT2D eigenvalue weighted by molar-refractivity contribution is 8.00. The fraction of sp³-hybridized carbons (Fsp3) is 0.357. The Bertz CT molecular complexity index is 627. The lowest BCUT2D eigenvalue weighted by molar-refractivity contribution is -0.140. The van der Waals surface area contributed by atoms with Gasteiger partial charge in [-0.1, -0.05) is 30.0 Å². The smallest absolute Gasteiger partial charge is 0.319 e. The van der Waals surface area contributed by atoms with Crippen LogP contribution in [0.3, 0.4) is 0 Å². The van der Waals surface area contributed by atoms with E-state index in [9.17, 15) is 4.79 Å². The minimum absolute atomic E-state index is 0.0193. The Morgan fingerprint density at radius 2 is 2.05 bits per heavy atom. The normalized spacial score (nSPS) is 22.0. The van der Waals surface area contributed by atoms with Crippen LogP contribution in [-0.2, 0) is 9.53 Å². The van der Waals surface area contributed by atoms with Gasteiger partial charge in [0.25, 0.3) is 0 Å². The highest BCUT2D eigenvalue weighted by Gasteiger charge is 2.34. The Morgan fingerprint density at radius 3 is 2.70 bits per heavy atom. The molecule has 0 spiro atoms. The van der Waals surface area contributed by atoms with Gasteiger partial charge >= 0.3 is 5.97 Å². The van der Waals surface area contributed by atoms with E-state index in [0.717, 1.165) is 16.7 Å². The molecule has 3 rings (SSSR count). The zero-order valence-electron chi connectivity index (χ0n) is 11.3. The predicted molar refractivity (Wildman–Crippen MR) is 75.9 cm³/mol. The number of esters is 1. The summed E-state index contributed by atoms with van der Waals surface area (Å²) in [5.74, 6) is 0.640. The minimum atomic E-state index is -0.198. The van der Waals surface area contributed by atoms with E-state index in [0.29, 0.717) is 6.42 Å². The lowest BCUT2D eigenvalue weighted by Gasteiger charge is -2.09. The number of carbonyl (C=O) groups excluding carboxylic acids is 1. The summed E-state index contributed by atoms with van der Waals surface area (Å²) >= 11 is 1.42. The van der Waals surface area contributed by atoms with Crippen molar-refractivity contribution in [1.29, 1.82) is 0 Å². The molecule has 0 bridgehead atoms. The van der Waals surface area contributed by atoms with Crippen LogP contribution in [0, 0.1) is 6.92 Å². The highest BCUT2D eigenvalue weighted by atomic mass is 32.2. The van der Waals surface area contributed by atoms with Gasteiger partial charge in [-0.2, -0.15) is 0 Å². The average Bonchev–Trinajstić information content (AvgIpc) is 2.94. The van der Waals surface area contributed by atoms with Crippen molar-refractivity contribution in [2.45, 2.75) is 36.8 Å². The molecule has 0 N–H and O–H groups in total. The molecule has 1 saturated heterocycles. The predicted octanol–water partition coefficient (Wildman–Crippen LogP) is 2.37. The number of ether oxygens (including phenoxy) is 1. The molecule has 1 fully saturated rings. The topological polar surface area (TPSA) is 57.0 Å². The number of aromatic nitrogens is 3. The number of hydrogen-bond acceptors (Lipinski definition) is 5. The highest BCUT2D eigenvalue weighted by Crippen LogP contribution is 2.32. The summed E-state index contributed by atoms with van der Waals surface area (Å²) < 4.78 is 7.14. The van der Waals surface area contributed by atoms with Gasteiger partial charge in [-0.3, -0.25) is 9.36 Å². The Hall–Kier alpha value is -1.82. The molecule has 5 nitrogen and oxygen atoms in total. The fourth-order valence-corrected chi connectivity index (χ4v) is 3.44. The summed E-state index contributed by atoms with van der Waals surface area (Å²) in [6.45, 7) is 3.81. The van der Waals surface area contributed by atoms with Crippen LogP contribution in [0.15, 0.2) is 35.5 Å². The van der Waals surface area contributed by atoms with Crippen LogP contribution < -0.4 is 0 Å². The van der Waals surface area contributed by atoms with Gasteiger partial charge < -0.3 is 4.74 Å². The van der Waals surface area contributed by atoms with E-state index in [4.69, 9.17) is 4.74 Å². The molecule has 1 aliphatic rings. The maximum absolute atomic E-state index is 11.7. The van der Waals surface area contributed by atoms with E-state index in [2.05, 4.69) is 10.2 Å². The van der Waals surface area contributed by atoms with Crippen LogP contribution in [-0.4, -0.2) is 32.1 Å².